The fourth-order valence-electron chi connectivity index (χ4n) is 8.81. The molecule has 0 saturated carbocycles. The molecule has 1 fully saturated rings. The minimum Gasteiger partial charge on any atom is -0.387 e. The Morgan fingerprint density at radius 1 is 0.949 bits per heavy atom. The third kappa shape index (κ3) is 15.7. The van der Waals surface area contributed by atoms with Crippen molar-refractivity contribution < 1.29 is 75.1 Å². The van der Waals surface area contributed by atoms with Crippen LogP contribution in [0.4, 0.5) is 22.0 Å². The van der Waals surface area contributed by atoms with Crippen molar-refractivity contribution in [1.82, 2.24) is 30.1 Å². The zero-order valence-corrected chi connectivity index (χ0v) is 43.8. The van der Waals surface area contributed by atoms with Crippen LogP contribution in [0.2, 0.25) is 0 Å². The number of rotatable bonds is 31. The molecule has 10 N–H and O–H groups in total. The second-order valence-electron chi connectivity index (χ2n) is 19.0. The first-order valence-electron chi connectivity index (χ1n) is 25.2. The lowest BCUT2D eigenvalue weighted by Crippen LogP contribution is -2.45. The number of carbonyl (C=O) groups is 6. The maximum atomic E-state index is 14.0. The Morgan fingerprint density at radius 2 is 1.64 bits per heavy atom. The summed E-state index contributed by atoms with van der Waals surface area (Å²) < 4.78 is 53.3. The number of ether oxygens (including phenoxy) is 4. The number of nitrogens with one attached hydrogen (secondary N) is 4. The molecule has 4 aromatic rings. The molecule has 2 aliphatic heterocycles. The monoisotopic (exact) mass is 1100 g/mol. The first kappa shape index (κ1) is 58.4. The van der Waals surface area contributed by atoms with Crippen LogP contribution < -0.4 is 36.7 Å². The number of primary amides is 1. The molecule has 2 aromatic heterocycles. The molecule has 0 spiro atoms. The lowest BCUT2D eigenvalue weighted by Gasteiger charge is -2.24. The number of hydrogen-bond donors (Lipinski definition) is 8. The predicted molar refractivity (Wildman–Crippen MR) is 277 cm³/mol. The Bertz CT molecular complexity index is 3010. The van der Waals surface area contributed by atoms with Crippen LogP contribution in [-0.4, -0.2) is 157 Å². The molecule has 27 heteroatoms. The van der Waals surface area contributed by atoms with E-state index in [9.17, 15) is 47.4 Å². The van der Waals surface area contributed by atoms with E-state index in [-0.39, 0.29) is 102 Å². The number of fused-ring (bicyclic) bond motifs is 1. The SMILES string of the molecule is C#Cc1cccc(Nc2nc[n+](Cc3ccc(NC(=O)[C@H](CCCNC(N)=O)CC(=O)[C@@H](NC(=O)CCOCCOCCOCCN4C(=O)C5=C(C5)C4=O)C(C)C)cc3)c3c2ncn3[C@@H]2O[C@H](COS(N)(=O)=O)[C@@H](O)[C@H]2O)c1. The minimum atomic E-state index is -4.39. The smallest absolute Gasteiger partial charge is 0.333 e. The lowest BCUT2D eigenvalue weighted by atomic mass is 9.89. The number of Topliss-reactive ketones (excluding diaryl/α,β-unsaturated/α-hetero) is 1. The average Bonchev–Trinajstić information content (AvgIpc) is 4.02. The van der Waals surface area contributed by atoms with Gasteiger partial charge in [-0.15, -0.1) is 6.42 Å². The number of nitrogens with zero attached hydrogens (tertiary/aromatic N) is 5. The maximum Gasteiger partial charge on any atom is 0.333 e. The van der Waals surface area contributed by atoms with E-state index in [1.807, 2.05) is 0 Å². The van der Waals surface area contributed by atoms with Crippen LogP contribution in [0.15, 0.2) is 72.3 Å². The molecule has 418 valence electrons. The van der Waals surface area contributed by atoms with Crippen molar-refractivity contribution in [2.45, 2.75) is 83.1 Å². The second kappa shape index (κ2) is 26.9. The molecular weight excluding hydrogens is 1040 g/mol. The molecule has 1 saturated heterocycles. The zero-order chi connectivity index (χ0) is 56.1. The summed E-state index contributed by atoms with van der Waals surface area (Å²) in [6, 6.07) is 12.2. The van der Waals surface area contributed by atoms with Crippen molar-refractivity contribution in [3.63, 3.8) is 0 Å². The van der Waals surface area contributed by atoms with E-state index in [2.05, 4.69) is 41.3 Å². The highest BCUT2D eigenvalue weighted by Crippen LogP contribution is 2.40. The topological polar surface area (TPSA) is 361 Å². The van der Waals surface area contributed by atoms with Gasteiger partial charge < -0.3 is 56.2 Å². The van der Waals surface area contributed by atoms with E-state index in [1.165, 1.54) is 22.1 Å². The number of likely N-dealkylation sites (tertiary alicyclic amines) is 1. The fraction of sp³-hybridized carbons (Fsp3) is 0.471. The molecule has 3 aliphatic rings. The number of imide groups is 1. The van der Waals surface area contributed by atoms with E-state index in [0.29, 0.717) is 63.5 Å². The number of imidazole rings is 1. The van der Waals surface area contributed by atoms with Crippen LogP contribution in [0, 0.1) is 24.2 Å². The predicted octanol–water partition coefficient (Wildman–Crippen LogP) is -0.0565. The summed E-state index contributed by atoms with van der Waals surface area (Å²) >= 11 is 0. The van der Waals surface area contributed by atoms with Crippen LogP contribution in [0.1, 0.15) is 63.3 Å². The third-order valence-corrected chi connectivity index (χ3v) is 13.4. The van der Waals surface area contributed by atoms with E-state index >= 15 is 0 Å². The third-order valence-electron chi connectivity index (χ3n) is 12.9. The second-order valence-corrected chi connectivity index (χ2v) is 20.2. The highest BCUT2D eigenvalue weighted by molar-refractivity contribution is 7.84. The molecule has 0 radical (unpaired) electrons. The number of aliphatic hydroxyl groups is 2. The van der Waals surface area contributed by atoms with Gasteiger partial charge in [0.1, 0.15) is 18.3 Å². The molecule has 26 nitrogen and oxygen atoms in total. The van der Waals surface area contributed by atoms with Crippen molar-refractivity contribution in [3.8, 4) is 12.3 Å². The summed E-state index contributed by atoms with van der Waals surface area (Å²) in [6.07, 6.45) is 3.57. The number of aliphatic hydroxyl groups excluding tert-OH is 2. The minimum absolute atomic E-state index is 0.0385. The number of urea groups is 1. The molecule has 0 bridgehead atoms. The lowest BCUT2D eigenvalue weighted by molar-refractivity contribution is -0.668. The van der Waals surface area contributed by atoms with Gasteiger partial charge in [-0.05, 0) is 54.7 Å². The number of piperidine rings is 1. The Hall–Kier alpha value is -7.26. The summed E-state index contributed by atoms with van der Waals surface area (Å²) in [7, 11) is -4.39. The molecule has 6 amide bonds. The van der Waals surface area contributed by atoms with Gasteiger partial charge in [-0.2, -0.15) is 8.42 Å². The number of hydrogen-bond acceptors (Lipinski definition) is 18. The quantitative estimate of drug-likeness (QED) is 0.0142. The number of benzene rings is 2. The van der Waals surface area contributed by atoms with Gasteiger partial charge in [0.05, 0.1) is 65.4 Å². The number of terminal acetylenes is 1. The summed E-state index contributed by atoms with van der Waals surface area (Å²) in [4.78, 5) is 86.6. The normalized spacial score (nSPS) is 18.7. The number of amides is 6. The van der Waals surface area contributed by atoms with E-state index < -0.39 is 71.3 Å². The van der Waals surface area contributed by atoms with Crippen molar-refractivity contribution in [2.75, 3.05) is 70.0 Å². The summed E-state index contributed by atoms with van der Waals surface area (Å²) in [5.74, 6) is -0.0369. The van der Waals surface area contributed by atoms with Gasteiger partial charge in [0.15, 0.2) is 17.6 Å². The van der Waals surface area contributed by atoms with Crippen molar-refractivity contribution in [2.24, 2.45) is 22.7 Å². The summed E-state index contributed by atoms with van der Waals surface area (Å²) in [5, 5.41) is 38.4. The van der Waals surface area contributed by atoms with Gasteiger partial charge in [0.25, 0.3) is 17.5 Å². The fourth-order valence-corrected chi connectivity index (χ4v) is 9.13. The van der Waals surface area contributed by atoms with Crippen LogP contribution in [0.3, 0.4) is 0 Å². The van der Waals surface area contributed by atoms with E-state index in [0.717, 1.165) is 0 Å². The van der Waals surface area contributed by atoms with Crippen molar-refractivity contribution in [3.05, 3.63) is 83.5 Å². The van der Waals surface area contributed by atoms with Gasteiger partial charge in [0, 0.05) is 59.8 Å². The Labute approximate surface area is 449 Å². The number of ketones is 1. The number of anilines is 3. The number of carbonyl (C=O) groups excluding carboxylic acids is 6. The van der Waals surface area contributed by atoms with Crippen molar-refractivity contribution in [1.29, 1.82) is 0 Å². The Balaban J connectivity index is 0.940. The highest BCUT2D eigenvalue weighted by Gasteiger charge is 2.48. The Morgan fingerprint density at radius 3 is 2.31 bits per heavy atom. The molecule has 2 aromatic carbocycles. The first-order valence-corrected chi connectivity index (χ1v) is 26.6. The van der Waals surface area contributed by atoms with Crippen LogP contribution in [0.5, 0.6) is 0 Å². The van der Waals surface area contributed by atoms with Gasteiger partial charge in [-0.25, -0.2) is 24.1 Å². The molecule has 7 rings (SSSR count). The highest BCUT2D eigenvalue weighted by atomic mass is 32.2. The van der Waals surface area contributed by atoms with Crippen LogP contribution >= 0.6 is 0 Å². The van der Waals surface area contributed by atoms with Gasteiger partial charge >= 0.3 is 16.3 Å². The van der Waals surface area contributed by atoms with Gasteiger partial charge in [0.2, 0.25) is 30.2 Å². The van der Waals surface area contributed by atoms with Gasteiger partial charge in [-0.3, -0.25) is 33.1 Å². The standard InChI is InChI=1S/C51H63N11O15S/c1-4-31-7-5-9-35(23-31)57-45-42-47(62(29-55-42)50-44(66)43(65)39(77-50)27-76-78(53,71)72)60(28-56-45)26-32-10-12-34(13-11-32)58-46(67)33(8-6-15-54-51(52)70)24-38(63)41(30(2)3)59-40(64)14-17-73-19-21-75-22-20-74-18-16-61-48(68)36-25-37(36)49(61)69/h1,5,7,9-13,23,28-30,33,39,41,43-44,50,65-66H,6,8,14-22,24-27H2,2-3H3,(H7,52,53,54,58,59,64,67,70,71,72)/p+1/t33-,39-,41+,43-,44-,50-/m1/s1. The molecule has 78 heavy (non-hydrogen) atoms. The molecule has 0 unspecified atom stereocenters. The van der Waals surface area contributed by atoms with E-state index in [1.54, 1.807) is 66.9 Å². The molecule has 6 atom stereocenters. The molecular formula is C51H64N11O15S+. The maximum absolute atomic E-state index is 14.0. The Kier molecular flexibility index (Phi) is 20.1. The molecule has 1 aliphatic carbocycles. The average molecular weight is 1100 g/mol. The first-order chi connectivity index (χ1) is 37.3. The largest absolute Gasteiger partial charge is 0.387 e. The zero-order valence-electron chi connectivity index (χ0n) is 43.0. The van der Waals surface area contributed by atoms with Crippen LogP contribution in [-0.2, 0) is 64.0 Å². The number of nitrogens with two attached hydrogens (primary N) is 2. The van der Waals surface area contributed by atoms with E-state index in [4.69, 9.17) is 36.2 Å². The summed E-state index contributed by atoms with van der Waals surface area (Å²) in [6.45, 7) is 4.58. The van der Waals surface area contributed by atoms with Gasteiger partial charge in [-0.1, -0.05) is 43.0 Å². The van der Waals surface area contributed by atoms with Crippen LogP contribution in [0.25, 0.3) is 11.2 Å². The molecule has 4 heterocycles. The van der Waals surface area contributed by atoms with Crippen molar-refractivity contribution >= 4 is 74.1 Å². The number of aromatic nitrogens is 4. The summed E-state index contributed by atoms with van der Waals surface area (Å²) in [5.41, 5.74) is 9.47.